The summed E-state index contributed by atoms with van der Waals surface area (Å²) in [5.41, 5.74) is 21.2. The van der Waals surface area contributed by atoms with Gasteiger partial charge in [-0.05, 0) is 99.1 Å². The van der Waals surface area contributed by atoms with Gasteiger partial charge in [0, 0.05) is 49.6 Å². The van der Waals surface area contributed by atoms with E-state index in [1.807, 2.05) is 0 Å². The van der Waals surface area contributed by atoms with E-state index in [4.69, 9.17) is 9.97 Å². The monoisotopic (exact) mass is 876 g/mol. The van der Waals surface area contributed by atoms with Crippen LogP contribution in [0.1, 0.15) is 22.3 Å². The third kappa shape index (κ3) is 5.34. The van der Waals surface area contributed by atoms with Gasteiger partial charge in [0.25, 0.3) is 0 Å². The van der Waals surface area contributed by atoms with Gasteiger partial charge in [0.1, 0.15) is 0 Å². The summed E-state index contributed by atoms with van der Waals surface area (Å²) in [4.78, 5) is 11.1. The van der Waals surface area contributed by atoms with Crippen molar-refractivity contribution in [3.8, 4) is 67.5 Å². The molecule has 4 nitrogen and oxygen atoms in total. The number of hydrogen-bond donors (Lipinski definition) is 0. The highest BCUT2D eigenvalue weighted by Gasteiger charge is 2.51. The van der Waals surface area contributed by atoms with Gasteiger partial charge < -0.3 is 9.13 Å². The molecule has 0 radical (unpaired) electrons. The van der Waals surface area contributed by atoms with E-state index < -0.39 is 5.41 Å². The van der Waals surface area contributed by atoms with Crippen LogP contribution in [0.3, 0.4) is 0 Å². The van der Waals surface area contributed by atoms with Gasteiger partial charge in [0.15, 0.2) is 5.82 Å². The zero-order valence-corrected chi connectivity index (χ0v) is 37.4. The molecule has 0 atom stereocenters. The summed E-state index contributed by atoms with van der Waals surface area (Å²) in [6.45, 7) is 0. The summed E-state index contributed by atoms with van der Waals surface area (Å²) in [6.07, 6.45) is 0. The van der Waals surface area contributed by atoms with Crippen LogP contribution in [0.15, 0.2) is 243 Å². The Morgan fingerprint density at radius 2 is 0.667 bits per heavy atom. The van der Waals surface area contributed by atoms with Crippen LogP contribution < -0.4 is 0 Å². The SMILES string of the molecule is c1ccc(-c2cc(-c3cc(-n4c5ccccc5c5ccccc54)cc(-n4c5ccccc5c5ccccc54)c3)nc(-c3ccc4c(c3)C3(c5ccccc5-c5ccccc53)c3ccccc3-4)n2)cc1. The Hall–Kier alpha value is -9.12. The molecule has 4 heteroatoms. The fourth-order valence-corrected chi connectivity index (χ4v) is 12.1. The summed E-state index contributed by atoms with van der Waals surface area (Å²) in [5.74, 6) is 0.681. The maximum Gasteiger partial charge on any atom is 0.160 e. The molecule has 320 valence electrons. The van der Waals surface area contributed by atoms with Crippen molar-refractivity contribution in [2.24, 2.45) is 0 Å². The van der Waals surface area contributed by atoms with Crippen molar-refractivity contribution in [1.82, 2.24) is 19.1 Å². The van der Waals surface area contributed by atoms with E-state index in [-0.39, 0.29) is 0 Å². The second kappa shape index (κ2) is 14.4. The molecule has 10 aromatic carbocycles. The molecule has 2 aliphatic rings. The molecule has 0 saturated carbocycles. The number of hydrogen-bond acceptors (Lipinski definition) is 2. The number of fused-ring (bicyclic) bond motifs is 16. The first-order chi connectivity index (χ1) is 34.2. The van der Waals surface area contributed by atoms with Crippen molar-refractivity contribution in [3.05, 3.63) is 265 Å². The third-order valence-electron chi connectivity index (χ3n) is 14.9. The summed E-state index contributed by atoms with van der Waals surface area (Å²) in [7, 11) is 0. The van der Waals surface area contributed by atoms with Crippen LogP contribution in [-0.2, 0) is 5.41 Å². The van der Waals surface area contributed by atoms with Gasteiger partial charge in [-0.2, -0.15) is 0 Å². The lowest BCUT2D eigenvalue weighted by atomic mass is 9.70. The van der Waals surface area contributed by atoms with Crippen LogP contribution in [0.2, 0.25) is 0 Å². The Morgan fingerprint density at radius 3 is 1.14 bits per heavy atom. The quantitative estimate of drug-likeness (QED) is 0.173. The maximum atomic E-state index is 5.64. The molecule has 69 heavy (non-hydrogen) atoms. The number of benzene rings is 10. The number of para-hydroxylation sites is 4. The largest absolute Gasteiger partial charge is 0.309 e. The average Bonchev–Trinajstić information content (AvgIpc) is 4.13. The molecule has 0 amide bonds. The van der Waals surface area contributed by atoms with Crippen molar-refractivity contribution in [2.45, 2.75) is 5.41 Å². The lowest BCUT2D eigenvalue weighted by Gasteiger charge is -2.30. The second-order valence-electron chi connectivity index (χ2n) is 18.5. The van der Waals surface area contributed by atoms with E-state index in [0.29, 0.717) is 5.82 Å². The van der Waals surface area contributed by atoms with Crippen molar-refractivity contribution < 1.29 is 0 Å². The van der Waals surface area contributed by atoms with Gasteiger partial charge in [-0.15, -0.1) is 0 Å². The van der Waals surface area contributed by atoms with Gasteiger partial charge >= 0.3 is 0 Å². The van der Waals surface area contributed by atoms with Crippen molar-refractivity contribution in [1.29, 1.82) is 0 Å². The molecule has 3 heterocycles. The molecule has 3 aromatic heterocycles. The Kier molecular flexibility index (Phi) is 7.96. The Morgan fingerprint density at radius 1 is 0.275 bits per heavy atom. The fraction of sp³-hybridized carbons (Fsp3) is 0.0154. The van der Waals surface area contributed by atoms with Crippen LogP contribution in [-0.4, -0.2) is 19.1 Å². The molecule has 2 aliphatic carbocycles. The fourth-order valence-electron chi connectivity index (χ4n) is 12.1. The van der Waals surface area contributed by atoms with E-state index in [1.54, 1.807) is 0 Å². The minimum Gasteiger partial charge on any atom is -0.309 e. The predicted molar refractivity (Wildman–Crippen MR) is 283 cm³/mol. The predicted octanol–water partition coefficient (Wildman–Crippen LogP) is 16.0. The number of nitrogens with zero attached hydrogens (tertiary/aromatic N) is 4. The van der Waals surface area contributed by atoms with Gasteiger partial charge in [-0.1, -0.05) is 188 Å². The number of aromatic nitrogens is 4. The highest BCUT2D eigenvalue weighted by atomic mass is 15.0. The van der Waals surface area contributed by atoms with Crippen LogP contribution in [0.5, 0.6) is 0 Å². The average molecular weight is 877 g/mol. The van der Waals surface area contributed by atoms with Crippen LogP contribution in [0.4, 0.5) is 0 Å². The molecule has 13 aromatic rings. The Bertz CT molecular complexity index is 3970. The first kappa shape index (κ1) is 38.0. The second-order valence-corrected chi connectivity index (χ2v) is 18.5. The molecule has 0 saturated heterocycles. The molecule has 1 spiro atoms. The summed E-state index contributed by atoms with van der Waals surface area (Å²) in [5, 5.41) is 4.88. The van der Waals surface area contributed by atoms with E-state index in [2.05, 4.69) is 252 Å². The Balaban J connectivity index is 1.01. The molecule has 0 fully saturated rings. The summed E-state index contributed by atoms with van der Waals surface area (Å²) < 4.78 is 4.83. The van der Waals surface area contributed by atoms with E-state index >= 15 is 0 Å². The topological polar surface area (TPSA) is 35.6 Å². The lowest BCUT2D eigenvalue weighted by molar-refractivity contribution is 0.794. The van der Waals surface area contributed by atoms with Crippen LogP contribution in [0, 0.1) is 0 Å². The minimum atomic E-state index is -0.483. The molecule has 15 rings (SSSR count). The lowest BCUT2D eigenvalue weighted by Crippen LogP contribution is -2.25. The molecule has 0 unspecified atom stereocenters. The Labute approximate surface area is 398 Å². The van der Waals surface area contributed by atoms with Gasteiger partial charge in [-0.3, -0.25) is 0 Å². The zero-order valence-electron chi connectivity index (χ0n) is 37.4. The van der Waals surface area contributed by atoms with E-state index in [1.165, 1.54) is 66.1 Å². The smallest absolute Gasteiger partial charge is 0.160 e. The molecule has 0 aliphatic heterocycles. The summed E-state index contributed by atoms with van der Waals surface area (Å²) >= 11 is 0. The van der Waals surface area contributed by atoms with Gasteiger partial charge in [-0.25, -0.2) is 9.97 Å². The van der Waals surface area contributed by atoms with Crippen molar-refractivity contribution in [3.63, 3.8) is 0 Å². The van der Waals surface area contributed by atoms with E-state index in [0.717, 1.165) is 61.5 Å². The zero-order chi connectivity index (χ0) is 45.2. The first-order valence-corrected chi connectivity index (χ1v) is 23.7. The van der Waals surface area contributed by atoms with Crippen LogP contribution >= 0.6 is 0 Å². The number of rotatable bonds is 5. The standard InChI is InChI=1S/C65H40N4/c1-2-18-41(19-3-1)58-40-59(67-64(66-58)42-34-35-49-48-22-6-13-29-56(48)65(57(49)38-42)54-27-11-4-20-46(54)47-21-5-12-28-55(47)65)43-36-44(68-60-30-14-7-23-50(60)51-24-8-15-31-61(51)68)39-45(37-43)69-62-32-16-9-25-52(62)53-26-10-17-33-63(53)69/h1-40H. The molecule has 0 N–H and O–H groups in total. The van der Waals surface area contributed by atoms with Crippen molar-refractivity contribution >= 4 is 43.6 Å². The van der Waals surface area contributed by atoms with Gasteiger partial charge in [0.2, 0.25) is 0 Å². The highest BCUT2D eigenvalue weighted by Crippen LogP contribution is 2.63. The molecular formula is C65H40N4. The summed E-state index contributed by atoms with van der Waals surface area (Å²) in [6, 6.07) is 88.5. The van der Waals surface area contributed by atoms with E-state index in [9.17, 15) is 0 Å². The van der Waals surface area contributed by atoms with Crippen LogP contribution in [0.25, 0.3) is 111 Å². The highest BCUT2D eigenvalue weighted by molar-refractivity contribution is 6.11. The van der Waals surface area contributed by atoms with Crippen molar-refractivity contribution in [2.75, 3.05) is 0 Å². The normalized spacial score (nSPS) is 13.0. The third-order valence-corrected chi connectivity index (χ3v) is 14.9. The maximum absolute atomic E-state index is 5.64. The molecule has 0 bridgehead atoms. The van der Waals surface area contributed by atoms with Gasteiger partial charge in [0.05, 0.1) is 38.9 Å². The molecular weight excluding hydrogens is 837 g/mol. The first-order valence-electron chi connectivity index (χ1n) is 23.7. The minimum absolute atomic E-state index is 0.483.